The van der Waals surface area contributed by atoms with Gasteiger partial charge in [-0.2, -0.15) is 0 Å². The predicted molar refractivity (Wildman–Crippen MR) is 113 cm³/mol. The summed E-state index contributed by atoms with van der Waals surface area (Å²) in [6.07, 6.45) is 0.547. The fourth-order valence-corrected chi connectivity index (χ4v) is 5.89. The van der Waals surface area contributed by atoms with Gasteiger partial charge in [0.1, 0.15) is 5.82 Å². The first-order valence-electron chi connectivity index (χ1n) is 9.84. The molecule has 1 unspecified atom stereocenters. The fraction of sp³-hybridized carbons (Fsp3) is 0.364. The van der Waals surface area contributed by atoms with Crippen LogP contribution in [0.25, 0.3) is 0 Å². The lowest BCUT2D eigenvalue weighted by Crippen LogP contribution is -2.55. The maximum absolute atomic E-state index is 13.9. The molecular formula is C22H17BrClF3N2O2. The van der Waals surface area contributed by atoms with Crippen molar-refractivity contribution >= 4 is 45.0 Å². The third kappa shape index (κ3) is 3.53. The third-order valence-electron chi connectivity index (χ3n) is 6.48. The molecule has 0 radical (unpaired) electrons. The van der Waals surface area contributed by atoms with Crippen molar-refractivity contribution in [3.63, 3.8) is 0 Å². The van der Waals surface area contributed by atoms with Crippen LogP contribution in [0.15, 0.2) is 34.8 Å². The molecular weight excluding hydrogens is 497 g/mol. The molecule has 162 valence electrons. The van der Waals surface area contributed by atoms with Crippen molar-refractivity contribution in [3.8, 4) is 0 Å². The van der Waals surface area contributed by atoms with Gasteiger partial charge in [0, 0.05) is 50.6 Å². The zero-order chi connectivity index (χ0) is 22.1. The topological polar surface area (TPSA) is 58.2 Å². The van der Waals surface area contributed by atoms with Gasteiger partial charge in [-0.05, 0) is 48.6 Å². The fourth-order valence-electron chi connectivity index (χ4n) is 5.21. The van der Waals surface area contributed by atoms with Crippen molar-refractivity contribution in [3.05, 3.63) is 62.3 Å². The van der Waals surface area contributed by atoms with Gasteiger partial charge in [0.2, 0.25) is 11.8 Å². The minimum Gasteiger partial charge on any atom is -0.341 e. The number of carbonyl (C=O) groups is 2. The average molecular weight is 514 g/mol. The first-order valence-corrected chi connectivity index (χ1v) is 11.0. The summed E-state index contributed by atoms with van der Waals surface area (Å²) in [6.45, 7) is 0. The van der Waals surface area contributed by atoms with Crippen molar-refractivity contribution in [2.45, 2.75) is 37.6 Å². The second-order valence-electron chi connectivity index (χ2n) is 8.79. The monoisotopic (exact) mass is 512 g/mol. The van der Waals surface area contributed by atoms with E-state index < -0.39 is 23.2 Å². The number of alkyl halides is 2. The number of hydrogen-bond donors (Lipinski definition) is 2. The van der Waals surface area contributed by atoms with Crippen LogP contribution in [0.1, 0.15) is 53.2 Å². The minimum absolute atomic E-state index is 0.158. The zero-order valence-electron chi connectivity index (χ0n) is 16.1. The number of benzene rings is 2. The Bertz CT molecular complexity index is 1120. The summed E-state index contributed by atoms with van der Waals surface area (Å²) in [5.41, 5.74) is 1.21. The summed E-state index contributed by atoms with van der Waals surface area (Å²) in [7, 11) is 0. The second-order valence-corrected chi connectivity index (χ2v) is 10.1. The average Bonchev–Trinajstić information content (AvgIpc) is 2.96. The molecule has 2 N–H and O–H groups in total. The van der Waals surface area contributed by atoms with Crippen LogP contribution < -0.4 is 10.6 Å². The van der Waals surface area contributed by atoms with Crippen LogP contribution in [0, 0.1) is 17.2 Å². The highest BCUT2D eigenvalue weighted by atomic mass is 79.9. The van der Waals surface area contributed by atoms with Crippen molar-refractivity contribution in [1.29, 1.82) is 0 Å². The highest BCUT2D eigenvalue weighted by Crippen LogP contribution is 2.64. The molecule has 2 fully saturated rings. The van der Waals surface area contributed by atoms with Crippen molar-refractivity contribution < 1.29 is 22.8 Å². The number of amides is 2. The predicted octanol–water partition coefficient (Wildman–Crippen LogP) is 5.84. The maximum atomic E-state index is 13.9. The van der Waals surface area contributed by atoms with E-state index in [1.807, 2.05) is 0 Å². The van der Waals surface area contributed by atoms with Crippen LogP contribution in [0.3, 0.4) is 0 Å². The molecule has 31 heavy (non-hydrogen) atoms. The Morgan fingerprint density at radius 1 is 1.19 bits per heavy atom. The molecule has 9 heteroatoms. The molecule has 2 amide bonds. The van der Waals surface area contributed by atoms with Crippen molar-refractivity contribution in [2.75, 3.05) is 5.32 Å². The summed E-state index contributed by atoms with van der Waals surface area (Å²) in [5.74, 6) is -4.11. The molecule has 1 spiro atoms. The van der Waals surface area contributed by atoms with E-state index in [0.29, 0.717) is 39.7 Å². The van der Waals surface area contributed by atoms with Gasteiger partial charge in [-0.25, -0.2) is 13.2 Å². The Morgan fingerprint density at radius 3 is 2.58 bits per heavy atom. The molecule has 0 bridgehead atoms. The Morgan fingerprint density at radius 2 is 1.90 bits per heavy atom. The lowest BCUT2D eigenvalue weighted by Gasteiger charge is -2.56. The summed E-state index contributed by atoms with van der Waals surface area (Å²) in [6, 6.07) is 6.46. The van der Waals surface area contributed by atoms with Crippen molar-refractivity contribution in [2.24, 2.45) is 11.3 Å². The minimum atomic E-state index is -2.62. The Balaban J connectivity index is 1.43. The summed E-state index contributed by atoms with van der Waals surface area (Å²) in [5, 5.41) is 5.94. The van der Waals surface area contributed by atoms with Crippen LogP contribution in [-0.4, -0.2) is 17.7 Å². The van der Waals surface area contributed by atoms with Gasteiger partial charge in [0.25, 0.3) is 5.91 Å². The largest absolute Gasteiger partial charge is 0.341 e. The first kappa shape index (κ1) is 20.8. The van der Waals surface area contributed by atoms with Gasteiger partial charge in [0.05, 0.1) is 6.04 Å². The number of rotatable bonds is 3. The van der Waals surface area contributed by atoms with E-state index >= 15 is 0 Å². The summed E-state index contributed by atoms with van der Waals surface area (Å²) >= 11 is 9.62. The summed E-state index contributed by atoms with van der Waals surface area (Å²) < 4.78 is 40.9. The molecule has 2 aromatic rings. The molecule has 1 aliphatic heterocycles. The molecule has 0 aromatic heterocycles. The van der Waals surface area contributed by atoms with E-state index in [9.17, 15) is 22.8 Å². The first-order chi connectivity index (χ1) is 14.6. The van der Waals surface area contributed by atoms with Crippen LogP contribution in [0.5, 0.6) is 0 Å². The molecule has 1 heterocycles. The van der Waals surface area contributed by atoms with E-state index in [4.69, 9.17) is 11.6 Å². The van der Waals surface area contributed by atoms with Crippen molar-refractivity contribution in [1.82, 2.24) is 5.32 Å². The van der Waals surface area contributed by atoms with Gasteiger partial charge in [-0.15, -0.1) is 0 Å². The van der Waals surface area contributed by atoms with Gasteiger partial charge >= 0.3 is 0 Å². The van der Waals surface area contributed by atoms with E-state index in [1.165, 1.54) is 18.2 Å². The Hall–Kier alpha value is -2.06. The smallest absolute Gasteiger partial charge is 0.252 e. The van der Waals surface area contributed by atoms with Crippen LogP contribution in [-0.2, 0) is 4.79 Å². The van der Waals surface area contributed by atoms with Gasteiger partial charge < -0.3 is 10.6 Å². The number of nitrogens with one attached hydrogen (secondary N) is 2. The molecule has 4 nitrogen and oxygen atoms in total. The molecule has 2 aliphatic carbocycles. The Labute approximate surface area is 189 Å². The lowest BCUT2D eigenvalue weighted by molar-refractivity contribution is -0.206. The lowest BCUT2D eigenvalue weighted by atomic mass is 9.50. The van der Waals surface area contributed by atoms with Gasteiger partial charge in [0.15, 0.2) is 0 Å². The van der Waals surface area contributed by atoms with Gasteiger partial charge in [-0.1, -0.05) is 27.5 Å². The van der Waals surface area contributed by atoms with Crippen LogP contribution in [0.4, 0.5) is 18.9 Å². The van der Waals surface area contributed by atoms with E-state index in [1.54, 1.807) is 12.1 Å². The molecule has 1 atom stereocenters. The maximum Gasteiger partial charge on any atom is 0.252 e. The molecule has 2 aromatic carbocycles. The van der Waals surface area contributed by atoms with E-state index in [0.717, 1.165) is 0 Å². The number of hydrogen-bond acceptors (Lipinski definition) is 2. The zero-order valence-corrected chi connectivity index (χ0v) is 18.4. The van der Waals surface area contributed by atoms with E-state index in [-0.39, 0.29) is 35.6 Å². The van der Waals surface area contributed by atoms with Crippen LogP contribution in [0.2, 0.25) is 5.02 Å². The molecule has 0 saturated heterocycles. The molecule has 5 rings (SSSR count). The standard InChI is InChI=1S/C22H17BrClF3N2O2/c23-11-3-14-17(18(29-20(14)31)13-5-12(25)1-2-15(13)24)16(4-11)28-19(30)10-6-21(7-10)8-22(26,27)9-21/h1-5,10,18H,6-9H2,(H,28,30)(H,29,31). The highest BCUT2D eigenvalue weighted by molar-refractivity contribution is 9.10. The normalized spacial score (nSPS) is 23.0. The highest BCUT2D eigenvalue weighted by Gasteiger charge is 2.62. The van der Waals surface area contributed by atoms with Gasteiger partial charge in [-0.3, -0.25) is 9.59 Å². The number of fused-ring (bicyclic) bond motifs is 1. The SMILES string of the molecule is O=C1NC(c2cc(F)ccc2Cl)c2c(NC(=O)C3CC4(C3)CC(F)(F)C4)cc(Br)cc21. The van der Waals surface area contributed by atoms with Crippen LogP contribution >= 0.6 is 27.5 Å². The number of halogens is 5. The molecule has 2 saturated carbocycles. The Kier molecular flexibility index (Phi) is 4.68. The second kappa shape index (κ2) is 6.97. The number of carbonyl (C=O) groups excluding carboxylic acids is 2. The van der Waals surface area contributed by atoms with E-state index in [2.05, 4.69) is 26.6 Å². The third-order valence-corrected chi connectivity index (χ3v) is 7.28. The molecule has 3 aliphatic rings. The summed E-state index contributed by atoms with van der Waals surface area (Å²) in [4.78, 5) is 25.4. The quantitative estimate of drug-likeness (QED) is 0.542. The number of anilines is 1.